The lowest BCUT2D eigenvalue weighted by Crippen LogP contribution is -2.25. The molecule has 5 nitrogen and oxygen atoms in total. The van der Waals surface area contributed by atoms with Crippen LogP contribution < -0.4 is 5.32 Å². The van der Waals surface area contributed by atoms with Gasteiger partial charge < -0.3 is 10.1 Å². The summed E-state index contributed by atoms with van der Waals surface area (Å²) in [5.74, 6) is -0.00731. The van der Waals surface area contributed by atoms with Crippen molar-refractivity contribution in [2.75, 3.05) is 19.7 Å². The lowest BCUT2D eigenvalue weighted by Gasteiger charge is -2.18. The Morgan fingerprint density at radius 1 is 1.56 bits per heavy atom. The largest absolute Gasteiger partial charge is 0.466 e. The molecule has 0 bridgehead atoms. The summed E-state index contributed by atoms with van der Waals surface area (Å²) in [5, 5.41) is 7.60. The lowest BCUT2D eigenvalue weighted by molar-refractivity contribution is -0.147. The quantitative estimate of drug-likeness (QED) is 0.798. The van der Waals surface area contributed by atoms with Crippen molar-refractivity contribution in [2.45, 2.75) is 32.7 Å². The van der Waals surface area contributed by atoms with E-state index in [9.17, 15) is 4.79 Å². The molecule has 0 saturated carbocycles. The first-order valence-electron chi connectivity index (χ1n) is 6.67. The van der Waals surface area contributed by atoms with E-state index in [0.29, 0.717) is 13.2 Å². The maximum absolute atomic E-state index is 11.9. The molecule has 1 fully saturated rings. The Balaban J connectivity index is 2.15. The van der Waals surface area contributed by atoms with Crippen LogP contribution in [-0.4, -0.2) is 35.4 Å². The van der Waals surface area contributed by atoms with Crippen LogP contribution in [0.1, 0.15) is 31.9 Å². The summed E-state index contributed by atoms with van der Waals surface area (Å²) in [4.78, 5) is 11.9. The predicted molar refractivity (Wildman–Crippen MR) is 68.3 cm³/mol. The predicted octanol–water partition coefficient (Wildman–Crippen LogP) is 1.16. The highest BCUT2D eigenvalue weighted by atomic mass is 16.5. The number of aryl methyl sites for hydroxylation is 1. The van der Waals surface area contributed by atoms with Gasteiger partial charge in [-0.15, -0.1) is 0 Å². The van der Waals surface area contributed by atoms with Crippen LogP contribution in [0.3, 0.4) is 0 Å². The average Bonchev–Trinajstić information content (AvgIpc) is 2.96. The Kier molecular flexibility index (Phi) is 4.36. The number of hydrogen-bond acceptors (Lipinski definition) is 4. The lowest BCUT2D eigenvalue weighted by atomic mass is 9.93. The SMILES string of the molecule is CCCn1nccc1C1CNCC1C(=O)OCC. The summed E-state index contributed by atoms with van der Waals surface area (Å²) in [6, 6.07) is 2.01. The first-order valence-corrected chi connectivity index (χ1v) is 6.67. The number of aromatic nitrogens is 2. The van der Waals surface area contributed by atoms with Crippen molar-refractivity contribution in [1.29, 1.82) is 0 Å². The molecule has 18 heavy (non-hydrogen) atoms. The fourth-order valence-corrected chi connectivity index (χ4v) is 2.54. The summed E-state index contributed by atoms with van der Waals surface area (Å²) < 4.78 is 7.15. The van der Waals surface area contributed by atoms with Gasteiger partial charge in [-0.3, -0.25) is 9.48 Å². The highest BCUT2D eigenvalue weighted by Gasteiger charge is 2.36. The molecule has 2 atom stereocenters. The van der Waals surface area contributed by atoms with E-state index in [1.807, 2.05) is 23.9 Å². The van der Waals surface area contributed by atoms with Gasteiger partial charge in [0.25, 0.3) is 0 Å². The number of rotatable bonds is 5. The molecule has 2 unspecified atom stereocenters. The van der Waals surface area contributed by atoms with E-state index in [4.69, 9.17) is 4.74 Å². The number of nitrogens with zero attached hydrogens (tertiary/aromatic N) is 2. The van der Waals surface area contributed by atoms with Gasteiger partial charge in [0, 0.05) is 37.4 Å². The maximum Gasteiger partial charge on any atom is 0.310 e. The van der Waals surface area contributed by atoms with E-state index in [2.05, 4.69) is 17.3 Å². The van der Waals surface area contributed by atoms with Gasteiger partial charge in [0.15, 0.2) is 0 Å². The number of esters is 1. The minimum absolute atomic E-state index is 0.0859. The monoisotopic (exact) mass is 251 g/mol. The van der Waals surface area contributed by atoms with E-state index in [1.54, 1.807) is 0 Å². The Hall–Kier alpha value is -1.36. The molecule has 0 amide bonds. The molecular weight excluding hydrogens is 230 g/mol. The van der Waals surface area contributed by atoms with Crippen LogP contribution in [0.2, 0.25) is 0 Å². The molecule has 1 N–H and O–H groups in total. The van der Waals surface area contributed by atoms with Crippen LogP contribution in [0.4, 0.5) is 0 Å². The van der Waals surface area contributed by atoms with E-state index in [0.717, 1.165) is 25.2 Å². The molecule has 1 aromatic heterocycles. The third-order valence-corrected chi connectivity index (χ3v) is 3.37. The van der Waals surface area contributed by atoms with Gasteiger partial charge in [-0.25, -0.2) is 0 Å². The molecule has 100 valence electrons. The van der Waals surface area contributed by atoms with Crippen molar-refractivity contribution >= 4 is 5.97 Å². The van der Waals surface area contributed by atoms with E-state index in [1.165, 1.54) is 0 Å². The summed E-state index contributed by atoms with van der Waals surface area (Å²) in [7, 11) is 0. The molecule has 1 aromatic rings. The topological polar surface area (TPSA) is 56.2 Å². The van der Waals surface area contributed by atoms with Gasteiger partial charge in [0.05, 0.1) is 12.5 Å². The summed E-state index contributed by atoms with van der Waals surface area (Å²) >= 11 is 0. The standard InChI is InChI=1S/C13H21N3O2/c1-3-7-16-12(5-6-15-16)10-8-14-9-11(10)13(17)18-4-2/h5-6,10-11,14H,3-4,7-9H2,1-2H3. The molecule has 0 spiro atoms. The van der Waals surface area contributed by atoms with Crippen LogP contribution in [-0.2, 0) is 16.1 Å². The third-order valence-electron chi connectivity index (χ3n) is 3.37. The van der Waals surface area contributed by atoms with Gasteiger partial charge in [-0.05, 0) is 19.4 Å². The van der Waals surface area contributed by atoms with E-state index >= 15 is 0 Å². The molecule has 5 heteroatoms. The third kappa shape index (κ3) is 2.56. The maximum atomic E-state index is 11.9. The molecule has 1 aliphatic heterocycles. The van der Waals surface area contributed by atoms with Crippen molar-refractivity contribution < 1.29 is 9.53 Å². The van der Waals surface area contributed by atoms with Crippen molar-refractivity contribution in [2.24, 2.45) is 5.92 Å². The van der Waals surface area contributed by atoms with Gasteiger partial charge in [0.2, 0.25) is 0 Å². The molecule has 1 aliphatic rings. The van der Waals surface area contributed by atoms with E-state index in [-0.39, 0.29) is 17.8 Å². The Labute approximate surface area is 108 Å². The highest BCUT2D eigenvalue weighted by Crippen LogP contribution is 2.29. The van der Waals surface area contributed by atoms with E-state index < -0.39 is 0 Å². The summed E-state index contributed by atoms with van der Waals surface area (Å²) in [5.41, 5.74) is 1.14. The fourth-order valence-electron chi connectivity index (χ4n) is 2.54. The molecule has 0 aromatic carbocycles. The van der Waals surface area contributed by atoms with Crippen molar-refractivity contribution in [3.63, 3.8) is 0 Å². The van der Waals surface area contributed by atoms with Crippen molar-refractivity contribution in [3.05, 3.63) is 18.0 Å². The second-order valence-electron chi connectivity index (χ2n) is 4.60. The average molecular weight is 251 g/mol. The first kappa shape index (κ1) is 13.1. The van der Waals surface area contributed by atoms with Crippen molar-refractivity contribution in [3.8, 4) is 0 Å². The normalized spacial score (nSPS) is 23.2. The first-order chi connectivity index (χ1) is 8.77. The zero-order valence-corrected chi connectivity index (χ0v) is 11.1. The van der Waals surface area contributed by atoms with Crippen molar-refractivity contribution in [1.82, 2.24) is 15.1 Å². The van der Waals surface area contributed by atoms with Crippen LogP contribution in [0.25, 0.3) is 0 Å². The zero-order valence-electron chi connectivity index (χ0n) is 11.1. The van der Waals surface area contributed by atoms with Gasteiger partial charge in [-0.1, -0.05) is 6.92 Å². The number of hydrogen-bond donors (Lipinski definition) is 1. The molecule has 0 aliphatic carbocycles. The number of nitrogens with one attached hydrogen (secondary N) is 1. The highest BCUT2D eigenvalue weighted by molar-refractivity contribution is 5.74. The zero-order chi connectivity index (χ0) is 13.0. The summed E-state index contributed by atoms with van der Waals surface area (Å²) in [6.45, 7) is 6.82. The summed E-state index contributed by atoms with van der Waals surface area (Å²) in [6.07, 6.45) is 2.85. The molecule has 0 radical (unpaired) electrons. The van der Waals surface area contributed by atoms with Gasteiger partial charge >= 0.3 is 5.97 Å². The Bertz CT molecular complexity index is 403. The number of carbonyl (C=O) groups excluding carboxylic acids is 1. The number of ether oxygens (including phenoxy) is 1. The number of carbonyl (C=O) groups is 1. The fraction of sp³-hybridized carbons (Fsp3) is 0.692. The van der Waals surface area contributed by atoms with Gasteiger partial charge in [0.1, 0.15) is 0 Å². The second-order valence-corrected chi connectivity index (χ2v) is 4.60. The molecular formula is C13H21N3O2. The van der Waals surface area contributed by atoms with Crippen LogP contribution in [0, 0.1) is 5.92 Å². The second kappa shape index (κ2) is 6.00. The minimum Gasteiger partial charge on any atom is -0.466 e. The van der Waals surface area contributed by atoms with Crippen LogP contribution in [0.5, 0.6) is 0 Å². The smallest absolute Gasteiger partial charge is 0.310 e. The molecule has 1 saturated heterocycles. The Morgan fingerprint density at radius 3 is 3.11 bits per heavy atom. The van der Waals surface area contributed by atoms with Crippen LogP contribution >= 0.6 is 0 Å². The van der Waals surface area contributed by atoms with Crippen LogP contribution in [0.15, 0.2) is 12.3 Å². The van der Waals surface area contributed by atoms with Gasteiger partial charge in [-0.2, -0.15) is 5.10 Å². The Morgan fingerprint density at radius 2 is 2.39 bits per heavy atom. The molecule has 2 rings (SSSR count). The minimum atomic E-state index is -0.100. The molecule has 2 heterocycles.